The minimum Gasteiger partial charge on any atom is -0.491 e. The summed E-state index contributed by atoms with van der Waals surface area (Å²) in [7, 11) is 0. The topological polar surface area (TPSA) is 99.2 Å². The molecule has 1 N–H and O–H groups in total. The van der Waals surface area contributed by atoms with Crippen molar-refractivity contribution in [1.29, 1.82) is 0 Å². The second-order valence-electron chi connectivity index (χ2n) is 8.01. The zero-order valence-electron chi connectivity index (χ0n) is 17.8. The molecule has 5 rings (SSSR count). The number of amides is 1. The van der Waals surface area contributed by atoms with E-state index >= 15 is 0 Å². The monoisotopic (exact) mass is 417 g/mol. The summed E-state index contributed by atoms with van der Waals surface area (Å²) in [4.78, 5) is 12.7. The molecule has 3 aromatic heterocycles. The molecule has 9 heteroatoms. The number of nitrogens with zero attached hydrogens (tertiary/aromatic N) is 6. The summed E-state index contributed by atoms with van der Waals surface area (Å²) in [6.45, 7) is 7.78. The Morgan fingerprint density at radius 3 is 2.77 bits per heavy atom. The maximum Gasteiger partial charge on any atom is 0.226 e. The van der Waals surface area contributed by atoms with Gasteiger partial charge in [-0.05, 0) is 57.5 Å². The molecule has 9 nitrogen and oxygen atoms in total. The molecule has 1 aromatic carbocycles. The van der Waals surface area contributed by atoms with Crippen molar-refractivity contribution in [3.05, 3.63) is 59.0 Å². The van der Waals surface area contributed by atoms with Crippen molar-refractivity contribution in [3.63, 3.8) is 0 Å². The molecule has 1 atom stereocenters. The Morgan fingerprint density at radius 2 is 1.97 bits per heavy atom. The van der Waals surface area contributed by atoms with E-state index < -0.39 is 0 Å². The lowest BCUT2D eigenvalue weighted by atomic mass is 9.86. The van der Waals surface area contributed by atoms with Crippen molar-refractivity contribution in [2.45, 2.75) is 46.1 Å². The summed E-state index contributed by atoms with van der Waals surface area (Å²) >= 11 is 0. The second-order valence-corrected chi connectivity index (χ2v) is 8.01. The van der Waals surface area contributed by atoms with Gasteiger partial charge in [0.15, 0.2) is 17.3 Å². The zero-order valence-corrected chi connectivity index (χ0v) is 17.8. The van der Waals surface area contributed by atoms with E-state index in [-0.39, 0.29) is 17.9 Å². The van der Waals surface area contributed by atoms with Crippen LogP contribution < -0.4 is 10.1 Å². The summed E-state index contributed by atoms with van der Waals surface area (Å²) in [5.74, 6) is 2.52. The highest BCUT2D eigenvalue weighted by Crippen LogP contribution is 2.40. The molecule has 0 bridgehead atoms. The third kappa shape index (κ3) is 3.31. The van der Waals surface area contributed by atoms with Crippen LogP contribution in [0.25, 0.3) is 11.5 Å². The van der Waals surface area contributed by atoms with Crippen molar-refractivity contribution in [2.24, 2.45) is 0 Å². The van der Waals surface area contributed by atoms with Gasteiger partial charge >= 0.3 is 0 Å². The number of carbonyl (C=O) groups excluding carboxylic acids is 1. The van der Waals surface area contributed by atoms with E-state index in [0.717, 1.165) is 22.6 Å². The van der Waals surface area contributed by atoms with Gasteiger partial charge in [0.05, 0.1) is 11.8 Å². The number of nitrogens with one attached hydrogen (secondary N) is 1. The normalized spacial score (nSPS) is 15.9. The highest BCUT2D eigenvalue weighted by Gasteiger charge is 2.33. The van der Waals surface area contributed by atoms with E-state index in [1.807, 2.05) is 64.1 Å². The highest BCUT2D eigenvalue weighted by atomic mass is 16.5. The fourth-order valence-electron chi connectivity index (χ4n) is 4.07. The highest BCUT2D eigenvalue weighted by molar-refractivity contribution is 5.95. The summed E-state index contributed by atoms with van der Waals surface area (Å²) in [6.07, 6.45) is 0.425. The molecular weight excluding hydrogens is 394 g/mol. The summed E-state index contributed by atoms with van der Waals surface area (Å²) < 4.78 is 9.21. The lowest BCUT2D eigenvalue weighted by molar-refractivity contribution is -0.116. The standard InChI is InChI=1S/C22H23N7O2/c1-12(2)31-16-7-5-6-15(10-16)17-11-20(30)23-22-21(17)13(3)26-29(22)19-9-8-18-25-24-14(4)28(18)27-19/h5-10,12,17H,11H2,1-4H3,(H,23,30)/t17-/m0/s1. The molecule has 0 saturated carbocycles. The SMILES string of the molecule is Cc1nn(-c2ccc3nnc(C)n3n2)c2c1[C@H](c1cccc(OC(C)C)c1)CC(=O)N2. The minimum atomic E-state index is -0.117. The molecule has 0 saturated heterocycles. The molecule has 0 fully saturated rings. The van der Waals surface area contributed by atoms with Crippen molar-refractivity contribution < 1.29 is 9.53 Å². The number of hydrogen-bond donors (Lipinski definition) is 1. The number of hydrogen-bond acceptors (Lipinski definition) is 6. The molecule has 4 aromatic rings. The lowest BCUT2D eigenvalue weighted by Gasteiger charge is -2.24. The van der Waals surface area contributed by atoms with Crippen molar-refractivity contribution >= 4 is 17.4 Å². The predicted molar refractivity (Wildman–Crippen MR) is 115 cm³/mol. The summed E-state index contributed by atoms with van der Waals surface area (Å²) in [5.41, 5.74) is 3.51. The van der Waals surface area contributed by atoms with E-state index in [0.29, 0.717) is 29.5 Å². The Labute approximate surface area is 179 Å². The van der Waals surface area contributed by atoms with Gasteiger partial charge in [0.1, 0.15) is 11.6 Å². The van der Waals surface area contributed by atoms with E-state index in [1.54, 1.807) is 9.20 Å². The van der Waals surface area contributed by atoms with Gasteiger partial charge in [-0.3, -0.25) is 4.79 Å². The molecule has 4 heterocycles. The molecule has 158 valence electrons. The number of fused-ring (bicyclic) bond motifs is 2. The van der Waals surface area contributed by atoms with Gasteiger partial charge in [-0.25, -0.2) is 0 Å². The van der Waals surface area contributed by atoms with Gasteiger partial charge in [-0.2, -0.15) is 14.3 Å². The van der Waals surface area contributed by atoms with Crippen LogP contribution in [0.3, 0.4) is 0 Å². The average molecular weight is 417 g/mol. The summed E-state index contributed by atoms with van der Waals surface area (Å²) in [5, 5.41) is 20.5. The van der Waals surface area contributed by atoms with Gasteiger partial charge in [-0.15, -0.1) is 15.3 Å². The Kier molecular flexibility index (Phi) is 4.46. The fraction of sp³-hybridized carbons (Fsp3) is 0.318. The van der Waals surface area contributed by atoms with Crippen molar-refractivity contribution in [3.8, 4) is 11.6 Å². The van der Waals surface area contributed by atoms with Gasteiger partial charge < -0.3 is 10.1 Å². The molecule has 1 aliphatic heterocycles. The maximum absolute atomic E-state index is 12.7. The first-order valence-electron chi connectivity index (χ1n) is 10.3. The van der Waals surface area contributed by atoms with Gasteiger partial charge in [0.25, 0.3) is 0 Å². The van der Waals surface area contributed by atoms with Crippen LogP contribution in [-0.4, -0.2) is 41.6 Å². The van der Waals surface area contributed by atoms with Crippen molar-refractivity contribution in [1.82, 2.24) is 29.6 Å². The van der Waals surface area contributed by atoms with Crippen LogP contribution in [0, 0.1) is 13.8 Å². The van der Waals surface area contributed by atoms with E-state index in [1.165, 1.54) is 0 Å². The molecule has 31 heavy (non-hydrogen) atoms. The molecule has 0 unspecified atom stereocenters. The quantitative estimate of drug-likeness (QED) is 0.547. The minimum absolute atomic E-state index is 0.0598. The third-order valence-electron chi connectivity index (χ3n) is 5.36. The number of anilines is 1. The van der Waals surface area contributed by atoms with Crippen LogP contribution in [0.2, 0.25) is 0 Å². The Bertz CT molecular complexity index is 1300. The largest absolute Gasteiger partial charge is 0.491 e. The van der Waals surface area contributed by atoms with E-state index in [9.17, 15) is 4.79 Å². The molecule has 0 radical (unpaired) electrons. The Balaban J connectivity index is 1.62. The predicted octanol–water partition coefficient (Wildman–Crippen LogP) is 3.19. The summed E-state index contributed by atoms with van der Waals surface area (Å²) in [6, 6.07) is 11.6. The zero-order chi connectivity index (χ0) is 21.7. The number of ether oxygens (including phenoxy) is 1. The third-order valence-corrected chi connectivity index (χ3v) is 5.36. The molecule has 0 spiro atoms. The average Bonchev–Trinajstić information content (AvgIpc) is 3.27. The maximum atomic E-state index is 12.7. The van der Waals surface area contributed by atoms with E-state index in [2.05, 4.69) is 20.6 Å². The van der Waals surface area contributed by atoms with Crippen LogP contribution >= 0.6 is 0 Å². The number of benzene rings is 1. The number of aromatic nitrogens is 6. The van der Waals surface area contributed by atoms with Gasteiger partial charge in [-0.1, -0.05) is 12.1 Å². The van der Waals surface area contributed by atoms with E-state index in [4.69, 9.17) is 9.84 Å². The Morgan fingerprint density at radius 1 is 1.13 bits per heavy atom. The molecule has 1 aliphatic rings. The first-order chi connectivity index (χ1) is 14.9. The Hall–Kier alpha value is -3.75. The molecule has 1 amide bonds. The van der Waals surface area contributed by atoms with Crippen LogP contribution in [0.1, 0.15) is 48.8 Å². The number of aryl methyl sites for hydroxylation is 2. The molecule has 0 aliphatic carbocycles. The second kappa shape index (κ2) is 7.19. The first-order valence-corrected chi connectivity index (χ1v) is 10.3. The fourth-order valence-corrected chi connectivity index (χ4v) is 4.07. The van der Waals surface area contributed by atoms with Crippen molar-refractivity contribution in [2.75, 3.05) is 5.32 Å². The van der Waals surface area contributed by atoms with Crippen LogP contribution in [0.15, 0.2) is 36.4 Å². The van der Waals surface area contributed by atoms with Crippen LogP contribution in [-0.2, 0) is 4.79 Å². The number of rotatable bonds is 4. The number of carbonyl (C=O) groups is 1. The van der Waals surface area contributed by atoms with Gasteiger partial charge in [0.2, 0.25) is 5.91 Å². The first kappa shape index (κ1) is 19.2. The van der Waals surface area contributed by atoms with Gasteiger partial charge in [0, 0.05) is 17.9 Å². The van der Waals surface area contributed by atoms with Crippen LogP contribution in [0.5, 0.6) is 5.75 Å². The lowest BCUT2D eigenvalue weighted by Crippen LogP contribution is -2.25. The molecular formula is C22H23N7O2. The van der Waals surface area contributed by atoms with Crippen LogP contribution in [0.4, 0.5) is 5.82 Å². The smallest absolute Gasteiger partial charge is 0.226 e.